The van der Waals surface area contributed by atoms with Crippen molar-refractivity contribution in [1.29, 1.82) is 0 Å². The fraction of sp³-hybridized carbons (Fsp3) is 0.385. The quantitative estimate of drug-likeness (QED) is 0.769. The zero-order chi connectivity index (χ0) is 13.7. The van der Waals surface area contributed by atoms with Gasteiger partial charge in [0.25, 0.3) is 5.91 Å². The molecule has 1 aromatic rings. The molecule has 0 saturated heterocycles. The Hall–Kier alpha value is -1.91. The van der Waals surface area contributed by atoms with Crippen LogP contribution in [0.2, 0.25) is 0 Å². The molecule has 0 aliphatic rings. The highest BCUT2D eigenvalue weighted by Gasteiger charge is 2.21. The van der Waals surface area contributed by atoms with E-state index in [9.17, 15) is 14.0 Å². The summed E-state index contributed by atoms with van der Waals surface area (Å²) in [5, 5.41) is 0. The van der Waals surface area contributed by atoms with E-state index in [2.05, 4.69) is 4.74 Å². The van der Waals surface area contributed by atoms with Gasteiger partial charge in [-0.1, -0.05) is 0 Å². The second kappa shape index (κ2) is 6.14. The predicted molar refractivity (Wildman–Crippen MR) is 64.6 cm³/mol. The number of methoxy groups -OCH3 is 1. The van der Waals surface area contributed by atoms with Crippen molar-refractivity contribution in [3.63, 3.8) is 0 Å². The van der Waals surface area contributed by atoms with Gasteiger partial charge in [-0.15, -0.1) is 0 Å². The molecule has 0 aromatic heterocycles. The molecule has 0 spiro atoms. The van der Waals surface area contributed by atoms with Crippen LogP contribution in [0.3, 0.4) is 0 Å². The number of carbonyl (C=O) groups is 2. The van der Waals surface area contributed by atoms with Crippen molar-refractivity contribution >= 4 is 11.9 Å². The van der Waals surface area contributed by atoms with Crippen molar-refractivity contribution in [2.24, 2.45) is 0 Å². The highest BCUT2D eigenvalue weighted by Crippen LogP contribution is 2.09. The lowest BCUT2D eigenvalue weighted by Crippen LogP contribution is -2.41. The maximum absolute atomic E-state index is 12.8. The lowest BCUT2D eigenvalue weighted by atomic mass is 10.1. The Morgan fingerprint density at radius 1 is 1.28 bits per heavy atom. The Kier molecular flexibility index (Phi) is 4.83. The maximum Gasteiger partial charge on any atom is 0.325 e. The van der Waals surface area contributed by atoms with Gasteiger partial charge >= 0.3 is 5.97 Å². The molecule has 0 heterocycles. The van der Waals surface area contributed by atoms with Gasteiger partial charge in [-0.05, 0) is 38.1 Å². The molecule has 1 amide bonds. The Morgan fingerprint density at radius 3 is 2.28 bits per heavy atom. The van der Waals surface area contributed by atoms with Crippen molar-refractivity contribution in [3.8, 4) is 0 Å². The monoisotopic (exact) mass is 253 g/mol. The number of rotatable bonds is 4. The van der Waals surface area contributed by atoms with Gasteiger partial charge in [-0.2, -0.15) is 0 Å². The van der Waals surface area contributed by atoms with Crippen molar-refractivity contribution in [2.45, 2.75) is 19.9 Å². The molecule has 0 aliphatic heterocycles. The van der Waals surface area contributed by atoms with E-state index in [-0.39, 0.29) is 18.5 Å². The molecular formula is C13H16FNO3. The average molecular weight is 253 g/mol. The van der Waals surface area contributed by atoms with E-state index in [0.717, 1.165) is 0 Å². The second-order valence-corrected chi connectivity index (χ2v) is 4.11. The normalized spacial score (nSPS) is 10.3. The molecule has 18 heavy (non-hydrogen) atoms. The number of ether oxygens (including phenoxy) is 1. The first-order valence-corrected chi connectivity index (χ1v) is 5.59. The minimum absolute atomic E-state index is 0.121. The van der Waals surface area contributed by atoms with E-state index < -0.39 is 11.8 Å². The lowest BCUT2D eigenvalue weighted by Gasteiger charge is -2.25. The molecule has 98 valence electrons. The number of nitrogens with zero attached hydrogens (tertiary/aromatic N) is 1. The van der Waals surface area contributed by atoms with Crippen molar-refractivity contribution in [2.75, 3.05) is 13.7 Å². The molecule has 0 fully saturated rings. The molecule has 0 bridgehead atoms. The number of amides is 1. The fourth-order valence-corrected chi connectivity index (χ4v) is 1.45. The second-order valence-electron chi connectivity index (χ2n) is 4.11. The van der Waals surface area contributed by atoms with E-state index in [0.29, 0.717) is 5.56 Å². The Labute approximate surface area is 105 Å². The van der Waals surface area contributed by atoms with E-state index in [1.54, 1.807) is 13.8 Å². The summed E-state index contributed by atoms with van der Waals surface area (Å²) in [5.41, 5.74) is 0.342. The summed E-state index contributed by atoms with van der Waals surface area (Å²) < 4.78 is 17.3. The van der Waals surface area contributed by atoms with Crippen LogP contribution in [0.1, 0.15) is 24.2 Å². The van der Waals surface area contributed by atoms with E-state index in [4.69, 9.17) is 0 Å². The van der Waals surface area contributed by atoms with Gasteiger partial charge in [-0.25, -0.2) is 4.39 Å². The zero-order valence-corrected chi connectivity index (χ0v) is 10.6. The summed E-state index contributed by atoms with van der Waals surface area (Å²) in [5.74, 6) is -1.22. The van der Waals surface area contributed by atoms with Crippen LogP contribution < -0.4 is 0 Å². The van der Waals surface area contributed by atoms with Gasteiger partial charge in [0.05, 0.1) is 7.11 Å². The summed E-state index contributed by atoms with van der Waals surface area (Å²) in [7, 11) is 1.27. The first-order chi connectivity index (χ1) is 8.45. The van der Waals surface area contributed by atoms with Crippen LogP contribution in [-0.2, 0) is 9.53 Å². The molecule has 1 rings (SSSR count). The third kappa shape index (κ3) is 3.55. The SMILES string of the molecule is COC(=O)CN(C(=O)c1ccc(F)cc1)C(C)C. The largest absolute Gasteiger partial charge is 0.468 e. The molecule has 4 nitrogen and oxygen atoms in total. The van der Waals surface area contributed by atoms with Gasteiger partial charge in [0.2, 0.25) is 0 Å². The Morgan fingerprint density at radius 2 is 1.83 bits per heavy atom. The molecule has 0 radical (unpaired) electrons. The number of hydrogen-bond acceptors (Lipinski definition) is 3. The number of halogens is 1. The predicted octanol–water partition coefficient (Wildman–Crippen LogP) is 1.85. The van der Waals surface area contributed by atoms with Gasteiger partial charge in [-0.3, -0.25) is 9.59 Å². The molecule has 0 N–H and O–H groups in total. The summed E-state index contributed by atoms with van der Waals surface area (Å²) in [6.45, 7) is 3.47. The molecule has 0 atom stereocenters. The average Bonchev–Trinajstić information content (AvgIpc) is 2.35. The standard InChI is InChI=1S/C13H16FNO3/c1-9(2)15(8-12(16)18-3)13(17)10-4-6-11(14)7-5-10/h4-7,9H,8H2,1-3H3. The number of benzene rings is 1. The summed E-state index contributed by atoms with van der Waals surface area (Å²) >= 11 is 0. The third-order valence-electron chi connectivity index (χ3n) is 2.50. The molecular weight excluding hydrogens is 237 g/mol. The lowest BCUT2D eigenvalue weighted by molar-refractivity contribution is -0.141. The summed E-state index contributed by atoms with van der Waals surface area (Å²) in [6, 6.07) is 5.06. The van der Waals surface area contributed by atoms with E-state index in [1.165, 1.54) is 36.3 Å². The van der Waals surface area contributed by atoms with Gasteiger partial charge in [0.1, 0.15) is 12.4 Å². The minimum atomic E-state index is -0.487. The van der Waals surface area contributed by atoms with Crippen LogP contribution in [-0.4, -0.2) is 36.5 Å². The Bertz CT molecular complexity index is 428. The van der Waals surface area contributed by atoms with E-state index in [1.807, 2.05) is 0 Å². The van der Waals surface area contributed by atoms with Crippen LogP contribution in [0.15, 0.2) is 24.3 Å². The first kappa shape index (κ1) is 14.2. The van der Waals surface area contributed by atoms with Gasteiger partial charge < -0.3 is 9.64 Å². The summed E-state index contributed by atoms with van der Waals surface area (Å²) in [4.78, 5) is 24.8. The van der Waals surface area contributed by atoms with Crippen molar-refractivity contribution in [1.82, 2.24) is 4.90 Å². The minimum Gasteiger partial charge on any atom is -0.468 e. The number of hydrogen-bond donors (Lipinski definition) is 0. The van der Waals surface area contributed by atoms with Crippen LogP contribution in [0.25, 0.3) is 0 Å². The highest BCUT2D eigenvalue weighted by atomic mass is 19.1. The van der Waals surface area contributed by atoms with Crippen LogP contribution in [0, 0.1) is 5.82 Å². The van der Waals surface area contributed by atoms with Gasteiger partial charge in [0, 0.05) is 11.6 Å². The third-order valence-corrected chi connectivity index (χ3v) is 2.50. The topological polar surface area (TPSA) is 46.6 Å². The van der Waals surface area contributed by atoms with Crippen LogP contribution >= 0.6 is 0 Å². The molecule has 1 aromatic carbocycles. The Balaban J connectivity index is 2.89. The molecule has 0 aliphatic carbocycles. The smallest absolute Gasteiger partial charge is 0.325 e. The van der Waals surface area contributed by atoms with Crippen molar-refractivity contribution in [3.05, 3.63) is 35.6 Å². The molecule has 5 heteroatoms. The van der Waals surface area contributed by atoms with Gasteiger partial charge in [0.15, 0.2) is 0 Å². The zero-order valence-electron chi connectivity index (χ0n) is 10.6. The van der Waals surface area contributed by atoms with Crippen molar-refractivity contribution < 1.29 is 18.7 Å². The van der Waals surface area contributed by atoms with E-state index >= 15 is 0 Å². The highest BCUT2D eigenvalue weighted by molar-refractivity contribution is 5.96. The molecule has 0 saturated carbocycles. The fourth-order valence-electron chi connectivity index (χ4n) is 1.45. The number of esters is 1. The van der Waals surface area contributed by atoms with Crippen LogP contribution in [0.5, 0.6) is 0 Å². The van der Waals surface area contributed by atoms with Crippen LogP contribution in [0.4, 0.5) is 4.39 Å². The number of carbonyl (C=O) groups excluding carboxylic acids is 2. The summed E-state index contributed by atoms with van der Waals surface area (Å²) in [6.07, 6.45) is 0. The molecule has 0 unspecified atom stereocenters. The first-order valence-electron chi connectivity index (χ1n) is 5.59. The maximum atomic E-state index is 12.8.